The quantitative estimate of drug-likeness (QED) is 0.729. The molecule has 0 saturated carbocycles. The van der Waals surface area contributed by atoms with Gasteiger partial charge in [0.1, 0.15) is 0 Å². The van der Waals surface area contributed by atoms with Crippen molar-refractivity contribution in [3.8, 4) is 0 Å². The zero-order valence-electron chi connectivity index (χ0n) is 10.5. The molecule has 16 heavy (non-hydrogen) atoms. The highest BCUT2D eigenvalue weighted by Gasteiger charge is 2.29. The number of carbonyl (C=O) groups is 1. The summed E-state index contributed by atoms with van der Waals surface area (Å²) in [6.07, 6.45) is 0.714. The predicted molar refractivity (Wildman–Crippen MR) is 65.3 cm³/mol. The number of benzene rings is 1. The highest BCUT2D eigenvalue weighted by Crippen LogP contribution is 2.23. The lowest BCUT2D eigenvalue weighted by Gasteiger charge is -2.22. The van der Waals surface area contributed by atoms with Crippen LogP contribution in [0.2, 0.25) is 0 Å². The molecule has 88 valence electrons. The Morgan fingerprint density at radius 2 is 1.81 bits per heavy atom. The number of carbonyl (C=O) groups excluding carboxylic acids is 1. The fourth-order valence-electron chi connectivity index (χ4n) is 1.61. The van der Waals surface area contributed by atoms with E-state index in [0.29, 0.717) is 13.0 Å². The average Bonchev–Trinajstić information content (AvgIpc) is 2.21. The molecule has 0 aliphatic heterocycles. The van der Waals surface area contributed by atoms with E-state index in [4.69, 9.17) is 4.74 Å². The molecule has 0 radical (unpaired) electrons. The number of hydrogen-bond acceptors (Lipinski definition) is 2. The molecule has 0 N–H and O–H groups in total. The molecular weight excluding hydrogens is 200 g/mol. The van der Waals surface area contributed by atoms with E-state index in [9.17, 15) is 4.79 Å². The van der Waals surface area contributed by atoms with Gasteiger partial charge in [-0.05, 0) is 39.7 Å². The van der Waals surface area contributed by atoms with Gasteiger partial charge < -0.3 is 4.74 Å². The van der Waals surface area contributed by atoms with Crippen molar-refractivity contribution in [2.75, 3.05) is 6.61 Å². The van der Waals surface area contributed by atoms with E-state index in [2.05, 4.69) is 31.2 Å². The van der Waals surface area contributed by atoms with Crippen molar-refractivity contribution in [1.29, 1.82) is 0 Å². The zero-order chi connectivity index (χ0) is 12.2. The van der Waals surface area contributed by atoms with E-state index in [1.807, 2.05) is 20.8 Å². The average molecular weight is 220 g/mol. The minimum Gasteiger partial charge on any atom is -0.466 e. The summed E-state index contributed by atoms with van der Waals surface area (Å²) in [5, 5.41) is 0. The number of hydrogen-bond donors (Lipinski definition) is 0. The summed E-state index contributed by atoms with van der Waals surface area (Å²) >= 11 is 0. The Kier molecular flexibility index (Phi) is 4.11. The molecule has 0 aliphatic rings. The normalized spacial score (nSPS) is 11.2. The van der Waals surface area contributed by atoms with Crippen LogP contribution in [0.4, 0.5) is 0 Å². The summed E-state index contributed by atoms with van der Waals surface area (Å²) in [5.41, 5.74) is 1.95. The second kappa shape index (κ2) is 5.15. The highest BCUT2D eigenvalue weighted by atomic mass is 16.5. The van der Waals surface area contributed by atoms with Gasteiger partial charge in [0.05, 0.1) is 12.0 Å². The van der Waals surface area contributed by atoms with Crippen molar-refractivity contribution < 1.29 is 9.53 Å². The van der Waals surface area contributed by atoms with E-state index in [-0.39, 0.29) is 5.97 Å². The fourth-order valence-corrected chi connectivity index (χ4v) is 1.61. The minimum atomic E-state index is -0.453. The summed E-state index contributed by atoms with van der Waals surface area (Å²) in [6, 6.07) is 8.26. The van der Waals surface area contributed by atoms with Crippen LogP contribution in [-0.4, -0.2) is 12.6 Å². The maximum Gasteiger partial charge on any atom is 0.311 e. The molecule has 1 aromatic rings. The highest BCUT2D eigenvalue weighted by molar-refractivity contribution is 5.76. The molecule has 1 aromatic carbocycles. The minimum absolute atomic E-state index is 0.129. The summed E-state index contributed by atoms with van der Waals surface area (Å²) in [5.74, 6) is -0.129. The second-order valence-electron chi connectivity index (χ2n) is 4.77. The number of esters is 1. The van der Waals surface area contributed by atoms with Crippen LogP contribution in [0, 0.1) is 12.3 Å². The Labute approximate surface area is 97.6 Å². The van der Waals surface area contributed by atoms with Crippen molar-refractivity contribution in [3.63, 3.8) is 0 Å². The third-order valence-electron chi connectivity index (χ3n) is 2.59. The lowest BCUT2D eigenvalue weighted by molar-refractivity contribution is -0.153. The van der Waals surface area contributed by atoms with Gasteiger partial charge in [0.25, 0.3) is 0 Å². The van der Waals surface area contributed by atoms with E-state index in [1.54, 1.807) is 0 Å². The monoisotopic (exact) mass is 220 g/mol. The van der Waals surface area contributed by atoms with Crippen LogP contribution >= 0.6 is 0 Å². The van der Waals surface area contributed by atoms with Crippen LogP contribution in [0.15, 0.2) is 24.3 Å². The third kappa shape index (κ3) is 3.37. The molecule has 0 amide bonds. The molecule has 0 bridgehead atoms. The van der Waals surface area contributed by atoms with E-state index >= 15 is 0 Å². The van der Waals surface area contributed by atoms with Gasteiger partial charge in [-0.25, -0.2) is 0 Å². The summed E-state index contributed by atoms with van der Waals surface area (Å²) < 4.78 is 5.06. The summed E-state index contributed by atoms with van der Waals surface area (Å²) in [6.45, 7) is 8.17. The topological polar surface area (TPSA) is 26.3 Å². The van der Waals surface area contributed by atoms with Crippen molar-refractivity contribution in [1.82, 2.24) is 0 Å². The van der Waals surface area contributed by atoms with Crippen molar-refractivity contribution in [2.24, 2.45) is 5.41 Å². The Hall–Kier alpha value is -1.31. The van der Waals surface area contributed by atoms with Gasteiger partial charge in [0.2, 0.25) is 0 Å². The van der Waals surface area contributed by atoms with Gasteiger partial charge in [-0.2, -0.15) is 0 Å². The molecule has 0 aliphatic carbocycles. The summed E-state index contributed by atoms with van der Waals surface area (Å²) in [7, 11) is 0. The SMILES string of the molecule is CCOC(=O)C(C)(C)Cc1ccc(C)cc1. The van der Waals surface area contributed by atoms with E-state index in [1.165, 1.54) is 11.1 Å². The third-order valence-corrected chi connectivity index (χ3v) is 2.59. The lowest BCUT2D eigenvalue weighted by Crippen LogP contribution is -2.28. The van der Waals surface area contributed by atoms with Gasteiger partial charge in [0.15, 0.2) is 0 Å². The van der Waals surface area contributed by atoms with Crippen molar-refractivity contribution in [3.05, 3.63) is 35.4 Å². The Morgan fingerprint density at radius 3 is 2.31 bits per heavy atom. The van der Waals surface area contributed by atoms with Crippen LogP contribution < -0.4 is 0 Å². The molecular formula is C14H20O2. The maximum absolute atomic E-state index is 11.7. The molecule has 1 rings (SSSR count). The largest absolute Gasteiger partial charge is 0.466 e. The number of ether oxygens (including phenoxy) is 1. The molecule has 0 saturated heterocycles. The van der Waals surface area contributed by atoms with E-state index in [0.717, 1.165) is 0 Å². The van der Waals surface area contributed by atoms with Crippen LogP contribution in [0.3, 0.4) is 0 Å². The van der Waals surface area contributed by atoms with Crippen molar-refractivity contribution in [2.45, 2.75) is 34.1 Å². The second-order valence-corrected chi connectivity index (χ2v) is 4.77. The molecule has 0 heterocycles. The fraction of sp³-hybridized carbons (Fsp3) is 0.500. The first-order valence-corrected chi connectivity index (χ1v) is 5.68. The Bertz CT molecular complexity index is 350. The number of rotatable bonds is 4. The Balaban J connectivity index is 2.72. The van der Waals surface area contributed by atoms with Gasteiger partial charge >= 0.3 is 5.97 Å². The van der Waals surface area contributed by atoms with Crippen molar-refractivity contribution >= 4 is 5.97 Å². The number of aryl methyl sites for hydroxylation is 1. The Morgan fingerprint density at radius 1 is 1.25 bits per heavy atom. The molecule has 2 nitrogen and oxygen atoms in total. The molecule has 0 spiro atoms. The van der Waals surface area contributed by atoms with E-state index < -0.39 is 5.41 Å². The molecule has 2 heteroatoms. The van der Waals surface area contributed by atoms with Gasteiger partial charge in [-0.3, -0.25) is 4.79 Å². The first-order valence-electron chi connectivity index (χ1n) is 5.68. The zero-order valence-corrected chi connectivity index (χ0v) is 10.5. The molecule has 0 atom stereocenters. The summed E-state index contributed by atoms with van der Waals surface area (Å²) in [4.78, 5) is 11.7. The molecule has 0 aromatic heterocycles. The van der Waals surface area contributed by atoms with Crippen LogP contribution in [0.25, 0.3) is 0 Å². The van der Waals surface area contributed by atoms with Gasteiger partial charge in [-0.15, -0.1) is 0 Å². The lowest BCUT2D eigenvalue weighted by atomic mass is 9.85. The van der Waals surface area contributed by atoms with Crippen LogP contribution in [0.1, 0.15) is 31.9 Å². The standard InChI is InChI=1S/C14H20O2/c1-5-16-13(15)14(3,4)10-12-8-6-11(2)7-9-12/h6-9H,5,10H2,1-4H3. The van der Waals surface area contributed by atoms with Gasteiger partial charge in [-0.1, -0.05) is 29.8 Å². The first kappa shape index (κ1) is 12.8. The van der Waals surface area contributed by atoms with Gasteiger partial charge in [0, 0.05) is 0 Å². The smallest absolute Gasteiger partial charge is 0.311 e. The van der Waals surface area contributed by atoms with Crippen LogP contribution in [-0.2, 0) is 16.0 Å². The molecule has 0 fully saturated rings. The maximum atomic E-state index is 11.7. The first-order chi connectivity index (χ1) is 7.45. The predicted octanol–water partition coefficient (Wildman–Crippen LogP) is 3.13. The van der Waals surface area contributed by atoms with Crippen LogP contribution in [0.5, 0.6) is 0 Å². The molecule has 0 unspecified atom stereocenters.